The predicted molar refractivity (Wildman–Crippen MR) is 93.7 cm³/mol. The topological polar surface area (TPSA) is 60.2 Å². The number of ketones is 1. The maximum atomic E-state index is 11.6. The fourth-order valence-electron chi connectivity index (χ4n) is 2.69. The summed E-state index contributed by atoms with van der Waals surface area (Å²) in [5.74, 6) is -1.12. The Hall–Kier alpha value is -0.860. The summed E-state index contributed by atoms with van der Waals surface area (Å²) in [6.45, 7) is 3.86. The van der Waals surface area contributed by atoms with Gasteiger partial charge in [0.2, 0.25) is 5.91 Å². The largest absolute Gasteiger partial charge is 0.369 e. The molecule has 3 heteroatoms. The van der Waals surface area contributed by atoms with Gasteiger partial charge >= 0.3 is 0 Å². The van der Waals surface area contributed by atoms with Gasteiger partial charge in [0.25, 0.3) is 0 Å². The Kier molecular flexibility index (Phi) is 14.5. The van der Waals surface area contributed by atoms with Gasteiger partial charge < -0.3 is 5.73 Å². The lowest BCUT2D eigenvalue weighted by Crippen LogP contribution is -2.27. The van der Waals surface area contributed by atoms with E-state index in [2.05, 4.69) is 6.92 Å². The van der Waals surface area contributed by atoms with Crippen LogP contribution in [-0.4, -0.2) is 11.7 Å². The standard InChI is InChI=1S/C19H37NO2/c1-3-4-5-6-7-8-9-10-11-12-13-14-15-16-18(21)17(2)19(20)22/h17H,3-16H2,1-2H3,(H2,20,22). The molecule has 0 saturated heterocycles. The third-order valence-electron chi connectivity index (χ3n) is 4.44. The van der Waals surface area contributed by atoms with Crippen molar-refractivity contribution in [2.75, 3.05) is 0 Å². The number of rotatable bonds is 16. The lowest BCUT2D eigenvalue weighted by atomic mass is 9.99. The van der Waals surface area contributed by atoms with Crippen molar-refractivity contribution < 1.29 is 9.59 Å². The molecule has 130 valence electrons. The van der Waals surface area contributed by atoms with E-state index < -0.39 is 11.8 Å². The van der Waals surface area contributed by atoms with E-state index in [4.69, 9.17) is 5.73 Å². The van der Waals surface area contributed by atoms with Crippen molar-refractivity contribution in [1.29, 1.82) is 0 Å². The van der Waals surface area contributed by atoms with Gasteiger partial charge in [0, 0.05) is 6.42 Å². The molecule has 1 atom stereocenters. The van der Waals surface area contributed by atoms with E-state index in [-0.39, 0.29) is 5.78 Å². The van der Waals surface area contributed by atoms with Gasteiger partial charge in [-0.15, -0.1) is 0 Å². The predicted octanol–water partition coefficient (Wildman–Crippen LogP) is 5.16. The summed E-state index contributed by atoms with van der Waals surface area (Å²) < 4.78 is 0. The van der Waals surface area contributed by atoms with Gasteiger partial charge in [0.05, 0.1) is 5.92 Å². The van der Waals surface area contributed by atoms with Gasteiger partial charge in [-0.1, -0.05) is 84.0 Å². The van der Waals surface area contributed by atoms with Gasteiger partial charge in [-0.05, 0) is 13.3 Å². The molecule has 3 nitrogen and oxygen atoms in total. The SMILES string of the molecule is CCCCCCCCCCCCCCCC(=O)C(C)C(N)=O. The van der Waals surface area contributed by atoms with E-state index >= 15 is 0 Å². The molecule has 2 N–H and O–H groups in total. The van der Waals surface area contributed by atoms with Crippen molar-refractivity contribution in [3.05, 3.63) is 0 Å². The number of nitrogens with two attached hydrogens (primary N) is 1. The number of hydrogen-bond donors (Lipinski definition) is 1. The molecule has 0 heterocycles. The second-order valence-electron chi connectivity index (χ2n) is 6.58. The minimum atomic E-state index is -0.614. The smallest absolute Gasteiger partial charge is 0.227 e. The van der Waals surface area contributed by atoms with Crippen LogP contribution in [0.4, 0.5) is 0 Å². The van der Waals surface area contributed by atoms with Crippen molar-refractivity contribution in [2.45, 2.75) is 104 Å². The number of primary amides is 1. The first-order valence-corrected chi connectivity index (χ1v) is 9.41. The maximum absolute atomic E-state index is 11.6. The number of carbonyl (C=O) groups excluding carboxylic acids is 2. The summed E-state index contributed by atoms with van der Waals surface area (Å²) in [5.41, 5.74) is 5.12. The molecule has 0 aliphatic heterocycles. The average Bonchev–Trinajstić information content (AvgIpc) is 2.50. The van der Waals surface area contributed by atoms with E-state index in [1.807, 2.05) is 0 Å². The molecule has 0 aliphatic carbocycles. The first kappa shape index (κ1) is 21.1. The highest BCUT2D eigenvalue weighted by atomic mass is 16.2. The second kappa shape index (κ2) is 15.1. The van der Waals surface area contributed by atoms with Crippen molar-refractivity contribution in [3.8, 4) is 0 Å². The Balaban J connectivity index is 3.21. The van der Waals surface area contributed by atoms with Crippen molar-refractivity contribution in [3.63, 3.8) is 0 Å². The van der Waals surface area contributed by atoms with Crippen LogP contribution in [0.5, 0.6) is 0 Å². The normalized spacial score (nSPS) is 12.3. The number of amides is 1. The molecule has 0 aromatic heterocycles. The van der Waals surface area contributed by atoms with Crippen LogP contribution in [0.1, 0.15) is 104 Å². The van der Waals surface area contributed by atoms with Gasteiger partial charge in [0.1, 0.15) is 5.78 Å². The zero-order valence-corrected chi connectivity index (χ0v) is 14.9. The van der Waals surface area contributed by atoms with Crippen LogP contribution in [0.2, 0.25) is 0 Å². The lowest BCUT2D eigenvalue weighted by Gasteiger charge is -2.06. The van der Waals surface area contributed by atoms with E-state index in [1.54, 1.807) is 6.92 Å². The molecule has 0 spiro atoms. The molecule has 1 amide bonds. The van der Waals surface area contributed by atoms with Crippen LogP contribution in [0.15, 0.2) is 0 Å². The van der Waals surface area contributed by atoms with E-state index in [0.717, 1.165) is 12.8 Å². The molecular weight excluding hydrogens is 274 g/mol. The van der Waals surface area contributed by atoms with Crippen LogP contribution in [0.25, 0.3) is 0 Å². The molecule has 22 heavy (non-hydrogen) atoms. The summed E-state index contributed by atoms with van der Waals surface area (Å²) in [4.78, 5) is 22.5. The molecule has 1 unspecified atom stereocenters. The Morgan fingerprint density at radius 2 is 1.09 bits per heavy atom. The monoisotopic (exact) mass is 311 g/mol. The van der Waals surface area contributed by atoms with Gasteiger partial charge in [0.15, 0.2) is 0 Å². The summed E-state index contributed by atoms with van der Waals surface area (Å²) in [5, 5.41) is 0. The molecule has 0 radical (unpaired) electrons. The van der Waals surface area contributed by atoms with Gasteiger partial charge in [-0.3, -0.25) is 9.59 Å². The molecule has 0 saturated carbocycles. The minimum Gasteiger partial charge on any atom is -0.369 e. The highest BCUT2D eigenvalue weighted by Gasteiger charge is 2.17. The zero-order valence-electron chi connectivity index (χ0n) is 14.9. The van der Waals surface area contributed by atoms with Crippen molar-refractivity contribution in [2.24, 2.45) is 11.7 Å². The molecule has 0 fully saturated rings. The summed E-state index contributed by atoms with van der Waals surface area (Å²) in [6, 6.07) is 0. The van der Waals surface area contributed by atoms with Gasteiger partial charge in [-0.25, -0.2) is 0 Å². The molecule has 0 bridgehead atoms. The van der Waals surface area contributed by atoms with E-state index in [1.165, 1.54) is 70.6 Å². The molecule has 0 aromatic carbocycles. The minimum absolute atomic E-state index is 0.00410. The molecule has 0 aromatic rings. The second-order valence-corrected chi connectivity index (χ2v) is 6.58. The van der Waals surface area contributed by atoms with E-state index in [9.17, 15) is 9.59 Å². The van der Waals surface area contributed by atoms with Crippen molar-refractivity contribution in [1.82, 2.24) is 0 Å². The first-order valence-electron chi connectivity index (χ1n) is 9.41. The quantitative estimate of drug-likeness (QED) is 0.316. The third-order valence-corrected chi connectivity index (χ3v) is 4.44. The first-order chi connectivity index (χ1) is 10.6. The summed E-state index contributed by atoms with van der Waals surface area (Å²) >= 11 is 0. The zero-order chi connectivity index (χ0) is 16.6. The number of hydrogen-bond acceptors (Lipinski definition) is 2. The van der Waals surface area contributed by atoms with Crippen LogP contribution < -0.4 is 5.73 Å². The fraction of sp³-hybridized carbons (Fsp3) is 0.895. The van der Waals surface area contributed by atoms with E-state index in [0.29, 0.717) is 6.42 Å². The van der Waals surface area contributed by atoms with Crippen LogP contribution in [0, 0.1) is 5.92 Å². The fourth-order valence-corrected chi connectivity index (χ4v) is 2.69. The summed E-state index contributed by atoms with van der Waals surface area (Å²) in [7, 11) is 0. The van der Waals surface area contributed by atoms with Crippen LogP contribution in [-0.2, 0) is 9.59 Å². The van der Waals surface area contributed by atoms with Crippen molar-refractivity contribution >= 4 is 11.7 Å². The Bertz CT molecular complexity index is 289. The molecular formula is C19H37NO2. The number of unbranched alkanes of at least 4 members (excludes halogenated alkanes) is 12. The summed E-state index contributed by atoms with van der Waals surface area (Å²) in [6.07, 6.45) is 17.3. The number of Topliss-reactive ketones (excluding diaryl/α,β-unsaturated/α-hetero) is 1. The molecule has 0 aliphatic rings. The lowest BCUT2D eigenvalue weighted by molar-refractivity contribution is -0.131. The van der Waals surface area contributed by atoms with Crippen LogP contribution >= 0.6 is 0 Å². The Morgan fingerprint density at radius 1 is 0.727 bits per heavy atom. The Morgan fingerprint density at radius 3 is 1.45 bits per heavy atom. The average molecular weight is 312 g/mol. The van der Waals surface area contributed by atoms with Crippen LogP contribution in [0.3, 0.4) is 0 Å². The number of carbonyl (C=O) groups is 2. The highest BCUT2D eigenvalue weighted by molar-refractivity contribution is 6.00. The molecule has 0 rings (SSSR count). The Labute approximate surface area is 137 Å². The maximum Gasteiger partial charge on any atom is 0.227 e. The van der Waals surface area contributed by atoms with Gasteiger partial charge in [-0.2, -0.15) is 0 Å². The third kappa shape index (κ3) is 12.8. The highest BCUT2D eigenvalue weighted by Crippen LogP contribution is 2.13.